The number of hydrogen-bond acceptors (Lipinski definition) is 11. The number of amides is 2. The van der Waals surface area contributed by atoms with Crippen LogP contribution < -0.4 is 15.2 Å². The normalized spacial score (nSPS) is 14.4. The molecule has 29 heteroatoms. The number of carbonyl (C=O) groups excluding carboxylic acids is 2. The second kappa shape index (κ2) is 26.3. The molecule has 3 aromatic rings. The quantitative estimate of drug-likeness (QED) is 0.104. The van der Waals surface area contributed by atoms with E-state index < -0.39 is 52.0 Å². The average Bonchev–Trinajstić information content (AvgIpc) is 3.22. The third kappa shape index (κ3) is 19.9. The summed E-state index contributed by atoms with van der Waals surface area (Å²) in [4.78, 5) is 63.2. The van der Waals surface area contributed by atoms with Gasteiger partial charge in [-0.3, -0.25) is 9.59 Å². The number of carboxylic acid groups (broad SMARTS) is 3. The maximum Gasteiger partial charge on any atom is 0.490 e. The van der Waals surface area contributed by atoms with Crippen molar-refractivity contribution in [2.24, 2.45) is 5.73 Å². The third-order valence-corrected chi connectivity index (χ3v) is 12.3. The van der Waals surface area contributed by atoms with Crippen LogP contribution in [-0.2, 0) is 40.6 Å². The number of aryl methyl sites for hydroxylation is 2. The van der Waals surface area contributed by atoms with Gasteiger partial charge in [0.1, 0.15) is 28.3 Å². The van der Waals surface area contributed by atoms with E-state index in [-0.39, 0.29) is 70.9 Å². The van der Waals surface area contributed by atoms with E-state index in [4.69, 9.17) is 63.4 Å². The van der Waals surface area contributed by atoms with Crippen LogP contribution in [0.15, 0.2) is 41.3 Å². The molecule has 17 nitrogen and oxygen atoms in total. The molecule has 4 rings (SSSR count). The first-order valence-electron chi connectivity index (χ1n) is 20.3. The number of hydrogen-bond donors (Lipinski definition) is 5. The van der Waals surface area contributed by atoms with E-state index in [0.29, 0.717) is 24.4 Å². The number of carbonyl (C=O) groups is 5. The molecule has 2 heterocycles. The summed E-state index contributed by atoms with van der Waals surface area (Å²) in [5.41, 5.74) is 7.60. The molecule has 1 aromatic heterocycles. The molecule has 70 heavy (non-hydrogen) atoms. The number of halogens is 11. The fourth-order valence-electron chi connectivity index (χ4n) is 5.99. The largest absolute Gasteiger partial charge is 0.490 e. The second-order valence-corrected chi connectivity index (χ2v) is 18.1. The van der Waals surface area contributed by atoms with E-state index in [1.54, 1.807) is 29.7 Å². The fraction of sp³-hybridized carbons (Fsp3) is 0.512. The van der Waals surface area contributed by atoms with E-state index in [9.17, 15) is 57.5 Å². The van der Waals surface area contributed by atoms with Crippen molar-refractivity contribution in [2.45, 2.75) is 95.0 Å². The van der Waals surface area contributed by atoms with Gasteiger partial charge in [0.25, 0.3) is 0 Å². The zero-order chi connectivity index (χ0) is 54.3. The van der Waals surface area contributed by atoms with Gasteiger partial charge in [-0.1, -0.05) is 42.3 Å². The highest BCUT2D eigenvalue weighted by Gasteiger charge is 2.42. The van der Waals surface area contributed by atoms with Crippen molar-refractivity contribution < 1.29 is 92.0 Å². The van der Waals surface area contributed by atoms with Crippen molar-refractivity contribution >= 4 is 73.9 Å². The fourth-order valence-corrected chi connectivity index (χ4v) is 8.32. The summed E-state index contributed by atoms with van der Waals surface area (Å²) in [7, 11) is -0.303. The molecule has 0 saturated carbocycles. The Morgan fingerprint density at radius 2 is 1.34 bits per heavy atom. The molecule has 1 aliphatic rings. The van der Waals surface area contributed by atoms with Gasteiger partial charge in [-0.15, -0.1) is 0 Å². The number of rotatable bonds is 14. The summed E-state index contributed by atoms with van der Waals surface area (Å²) in [6.07, 6.45) is -13.2. The summed E-state index contributed by atoms with van der Waals surface area (Å²) in [6.45, 7) is 9.25. The van der Waals surface area contributed by atoms with Gasteiger partial charge in [0.05, 0.1) is 5.02 Å². The molecule has 0 radical (unpaired) electrons. The first-order chi connectivity index (χ1) is 31.9. The van der Waals surface area contributed by atoms with Gasteiger partial charge in [-0.2, -0.15) is 44.2 Å². The molecule has 0 aliphatic carbocycles. The Bertz CT molecular complexity index is 2370. The highest BCUT2D eigenvalue weighted by atomic mass is 35.5. The smallest absolute Gasteiger partial charge is 0.487 e. The number of nitrogens with two attached hydrogens (primary N) is 1. The van der Waals surface area contributed by atoms with Crippen molar-refractivity contribution in [3.8, 4) is 5.75 Å². The molecular formula is C41H51Cl2F9N6O11S. The molecule has 2 aromatic carbocycles. The van der Waals surface area contributed by atoms with E-state index in [1.165, 1.54) is 12.1 Å². The van der Waals surface area contributed by atoms with Crippen molar-refractivity contribution in [3.63, 3.8) is 0 Å². The second-order valence-electron chi connectivity index (χ2n) is 15.6. The molecule has 6 N–H and O–H groups in total. The van der Waals surface area contributed by atoms with Gasteiger partial charge in [-0.05, 0) is 90.5 Å². The maximum atomic E-state index is 13.8. The number of piperazine rings is 1. The molecule has 1 fully saturated rings. The predicted molar refractivity (Wildman–Crippen MR) is 236 cm³/mol. The zero-order valence-electron chi connectivity index (χ0n) is 38.2. The highest BCUT2D eigenvalue weighted by Crippen LogP contribution is 2.35. The van der Waals surface area contributed by atoms with Crippen LogP contribution in [0.4, 0.5) is 39.5 Å². The first kappa shape index (κ1) is 62.8. The Hall–Kier alpha value is -5.22. The number of nitrogens with zero attached hydrogens (tertiary/aromatic N) is 4. The predicted octanol–water partition coefficient (Wildman–Crippen LogP) is 6.81. The van der Waals surface area contributed by atoms with Gasteiger partial charge in [0, 0.05) is 60.3 Å². The number of aromatic nitrogens is 1. The topological polar surface area (TPSA) is 250 Å². The van der Waals surface area contributed by atoms with Crippen LogP contribution in [0.2, 0.25) is 10.0 Å². The van der Waals surface area contributed by atoms with E-state index in [2.05, 4.69) is 14.6 Å². The van der Waals surface area contributed by atoms with Gasteiger partial charge >= 0.3 is 36.4 Å². The Morgan fingerprint density at radius 1 is 0.857 bits per heavy atom. The number of sulfonamides is 1. The molecular weight excluding hydrogens is 1030 g/mol. The summed E-state index contributed by atoms with van der Waals surface area (Å²) in [5.74, 6) is -8.18. The Morgan fingerprint density at radius 3 is 1.80 bits per heavy atom. The molecule has 2 amide bonds. The molecule has 0 unspecified atom stereocenters. The van der Waals surface area contributed by atoms with Gasteiger partial charge in [0.15, 0.2) is 0 Å². The van der Waals surface area contributed by atoms with E-state index >= 15 is 0 Å². The van der Waals surface area contributed by atoms with E-state index in [0.717, 1.165) is 36.0 Å². The zero-order valence-corrected chi connectivity index (χ0v) is 40.5. The van der Waals surface area contributed by atoms with Crippen molar-refractivity contribution in [3.05, 3.63) is 63.3 Å². The van der Waals surface area contributed by atoms with Gasteiger partial charge < -0.3 is 40.5 Å². The van der Waals surface area contributed by atoms with Gasteiger partial charge in [-0.25, -0.2) is 27.8 Å². The number of fused-ring (bicyclic) bond motifs is 1. The number of aliphatic carboxylic acids is 3. The minimum absolute atomic E-state index is 0.0393. The van der Waals surface area contributed by atoms with E-state index in [1.807, 2.05) is 46.1 Å². The maximum absolute atomic E-state index is 13.8. The van der Waals surface area contributed by atoms with Crippen LogP contribution >= 0.6 is 23.2 Å². The number of nitrogens with one attached hydrogen (secondary N) is 1. The van der Waals surface area contributed by atoms with Crippen LogP contribution in [0.1, 0.15) is 56.4 Å². The first-order valence-corrected chi connectivity index (χ1v) is 22.5. The molecule has 2 atom stereocenters. The lowest BCUT2D eigenvalue weighted by molar-refractivity contribution is -0.193. The average molecular weight is 1080 g/mol. The Kier molecular flexibility index (Phi) is 23.6. The summed E-state index contributed by atoms with van der Waals surface area (Å²) in [6, 6.07) is 10.1. The standard InChI is InChI=1S/C35H48Cl2N6O5S.3C2HF3O2/c1-7-35(4,34(45)43-18-16-42(17-19-43)31(44)21-25(38)10-9-15-41(5)6)40-49(46,47)30-14-13-28(36)27(32(30)37)22-48-29-12-8-11-26-23(2)20-24(3)39-33(26)29;3*3-2(4,5)1(6)7/h8,11-14,20,25,40H,7,9-10,15-19,21-22,38H2,1-6H3;3*(H,6,7)/t25-,35+;;;/m0.../s1. The minimum Gasteiger partial charge on any atom is -0.487 e. The van der Waals surface area contributed by atoms with Crippen molar-refractivity contribution in [1.82, 2.24) is 24.4 Å². The van der Waals surface area contributed by atoms with Crippen molar-refractivity contribution in [1.29, 1.82) is 0 Å². The number of pyridine rings is 1. The lowest BCUT2D eigenvalue weighted by Gasteiger charge is -2.40. The molecule has 0 spiro atoms. The van der Waals surface area contributed by atoms with Gasteiger partial charge in [0.2, 0.25) is 21.8 Å². The lowest BCUT2D eigenvalue weighted by atomic mass is 9.98. The number of carboxylic acids is 3. The number of ether oxygens (including phenoxy) is 1. The van der Waals surface area contributed by atoms with Crippen LogP contribution in [0.25, 0.3) is 10.9 Å². The van der Waals surface area contributed by atoms with Crippen LogP contribution in [0.5, 0.6) is 5.75 Å². The third-order valence-electron chi connectivity index (χ3n) is 9.75. The molecule has 394 valence electrons. The van der Waals surface area contributed by atoms with Crippen LogP contribution in [0.3, 0.4) is 0 Å². The number of para-hydroxylation sites is 1. The number of alkyl halides is 9. The molecule has 0 bridgehead atoms. The Balaban J connectivity index is 0.000000967. The SMILES string of the molecule is CC[C@@](C)(NS(=O)(=O)c1ccc(Cl)c(COc2cccc3c(C)cc(C)nc23)c1Cl)C(=O)N1CCN(C(=O)C[C@@H](N)CCCN(C)C)CC1.O=C(O)C(F)(F)F.O=C(O)C(F)(F)F.O=C(O)C(F)(F)F. The molecule has 1 aliphatic heterocycles. The summed E-state index contributed by atoms with van der Waals surface area (Å²) < 4.78 is 132. The highest BCUT2D eigenvalue weighted by molar-refractivity contribution is 7.89. The Labute approximate surface area is 405 Å². The summed E-state index contributed by atoms with van der Waals surface area (Å²) in [5, 5.41) is 22.5. The number of benzene rings is 2. The van der Waals surface area contributed by atoms with Crippen molar-refractivity contribution in [2.75, 3.05) is 46.8 Å². The molecule has 1 saturated heterocycles. The monoisotopic (exact) mass is 1080 g/mol. The minimum atomic E-state index is -5.08. The van der Waals surface area contributed by atoms with Crippen LogP contribution in [-0.4, -0.2) is 150 Å². The van der Waals surface area contributed by atoms with Crippen LogP contribution in [0, 0.1) is 13.8 Å². The summed E-state index contributed by atoms with van der Waals surface area (Å²) >= 11 is 13.2. The lowest BCUT2D eigenvalue weighted by Crippen LogP contribution is -2.61.